The summed E-state index contributed by atoms with van der Waals surface area (Å²) in [6, 6.07) is 5.77. The largest absolute Gasteiger partial charge is 0.399 e. The summed E-state index contributed by atoms with van der Waals surface area (Å²) in [6.07, 6.45) is 0. The molecule has 14 heavy (non-hydrogen) atoms. The first-order chi connectivity index (χ1) is 6.63. The SMILES string of the molecule is Nc1ccc(NC(=O)C(N)CO)cc1. The molecule has 1 aromatic rings. The molecule has 0 aliphatic carbocycles. The van der Waals surface area contributed by atoms with E-state index in [-0.39, 0.29) is 6.61 Å². The number of nitrogens with two attached hydrogens (primary N) is 2. The molecule has 0 spiro atoms. The summed E-state index contributed by atoms with van der Waals surface area (Å²) in [5.74, 6) is -0.419. The van der Waals surface area contributed by atoms with Gasteiger partial charge in [-0.1, -0.05) is 0 Å². The lowest BCUT2D eigenvalue weighted by molar-refractivity contribution is -0.118. The average molecular weight is 195 g/mol. The minimum atomic E-state index is -0.896. The lowest BCUT2D eigenvalue weighted by Gasteiger charge is -2.09. The second-order valence-electron chi connectivity index (χ2n) is 2.90. The van der Waals surface area contributed by atoms with Crippen LogP contribution in [0.25, 0.3) is 0 Å². The molecule has 0 aliphatic heterocycles. The summed E-state index contributed by atoms with van der Waals surface area (Å²) >= 11 is 0. The predicted octanol–water partition coefficient (Wildman–Crippen LogP) is -0.473. The number of carbonyl (C=O) groups is 1. The van der Waals surface area contributed by atoms with Crippen molar-refractivity contribution in [2.45, 2.75) is 6.04 Å². The van der Waals surface area contributed by atoms with Crippen LogP contribution in [0.15, 0.2) is 24.3 Å². The van der Waals surface area contributed by atoms with Gasteiger partial charge in [-0.3, -0.25) is 4.79 Å². The Morgan fingerprint density at radius 1 is 1.43 bits per heavy atom. The number of benzene rings is 1. The number of rotatable bonds is 3. The van der Waals surface area contributed by atoms with Gasteiger partial charge in [-0.2, -0.15) is 0 Å². The van der Waals surface area contributed by atoms with Crippen molar-refractivity contribution in [3.8, 4) is 0 Å². The van der Waals surface area contributed by atoms with Crippen LogP contribution < -0.4 is 16.8 Å². The molecule has 0 heterocycles. The smallest absolute Gasteiger partial charge is 0.243 e. The van der Waals surface area contributed by atoms with E-state index in [1.165, 1.54) is 0 Å². The van der Waals surface area contributed by atoms with Gasteiger partial charge in [0.1, 0.15) is 6.04 Å². The van der Waals surface area contributed by atoms with E-state index in [2.05, 4.69) is 5.32 Å². The van der Waals surface area contributed by atoms with E-state index in [1.807, 2.05) is 0 Å². The molecule has 5 heteroatoms. The number of nitrogen functional groups attached to an aromatic ring is 1. The third-order valence-corrected chi connectivity index (χ3v) is 1.71. The Hall–Kier alpha value is -1.59. The molecule has 1 aromatic carbocycles. The van der Waals surface area contributed by atoms with Crippen molar-refractivity contribution in [2.24, 2.45) is 5.73 Å². The van der Waals surface area contributed by atoms with Crippen molar-refractivity contribution in [3.05, 3.63) is 24.3 Å². The fourth-order valence-corrected chi connectivity index (χ4v) is 0.884. The highest BCUT2D eigenvalue weighted by atomic mass is 16.3. The van der Waals surface area contributed by atoms with Gasteiger partial charge in [-0.15, -0.1) is 0 Å². The molecule has 0 aromatic heterocycles. The van der Waals surface area contributed by atoms with Crippen LogP contribution in [0.2, 0.25) is 0 Å². The number of anilines is 2. The first kappa shape index (κ1) is 10.5. The second kappa shape index (κ2) is 4.59. The van der Waals surface area contributed by atoms with Gasteiger partial charge in [0, 0.05) is 11.4 Å². The topological polar surface area (TPSA) is 101 Å². The molecule has 1 amide bonds. The van der Waals surface area contributed by atoms with Gasteiger partial charge in [0.05, 0.1) is 6.61 Å². The zero-order valence-corrected chi connectivity index (χ0v) is 7.60. The summed E-state index contributed by atoms with van der Waals surface area (Å²) in [4.78, 5) is 11.2. The molecule has 0 saturated heterocycles. The Bertz CT molecular complexity index is 310. The second-order valence-corrected chi connectivity index (χ2v) is 2.90. The monoisotopic (exact) mass is 195 g/mol. The molecular weight excluding hydrogens is 182 g/mol. The van der Waals surface area contributed by atoms with Crippen LogP contribution in [0, 0.1) is 0 Å². The molecule has 1 unspecified atom stereocenters. The van der Waals surface area contributed by atoms with Crippen molar-refractivity contribution in [1.29, 1.82) is 0 Å². The first-order valence-corrected chi connectivity index (χ1v) is 4.16. The highest BCUT2D eigenvalue weighted by molar-refractivity contribution is 5.94. The molecule has 1 rings (SSSR count). The Labute approximate surface area is 81.7 Å². The minimum absolute atomic E-state index is 0.374. The molecule has 0 fully saturated rings. The molecular formula is C9H13N3O2. The quantitative estimate of drug-likeness (QED) is 0.489. The Balaban J connectivity index is 2.60. The maximum Gasteiger partial charge on any atom is 0.243 e. The van der Waals surface area contributed by atoms with Crippen molar-refractivity contribution in [3.63, 3.8) is 0 Å². The van der Waals surface area contributed by atoms with E-state index in [0.29, 0.717) is 11.4 Å². The van der Waals surface area contributed by atoms with Crippen LogP contribution in [-0.4, -0.2) is 23.7 Å². The lowest BCUT2D eigenvalue weighted by Crippen LogP contribution is -2.38. The zero-order chi connectivity index (χ0) is 10.6. The fraction of sp³-hybridized carbons (Fsp3) is 0.222. The van der Waals surface area contributed by atoms with Crippen molar-refractivity contribution >= 4 is 17.3 Å². The molecule has 0 aliphatic rings. The number of hydrogen-bond donors (Lipinski definition) is 4. The van der Waals surface area contributed by atoms with Gasteiger partial charge in [0.15, 0.2) is 0 Å². The van der Waals surface area contributed by atoms with Gasteiger partial charge in [-0.05, 0) is 24.3 Å². The summed E-state index contributed by atoms with van der Waals surface area (Å²) in [6.45, 7) is -0.374. The number of amides is 1. The van der Waals surface area contributed by atoms with E-state index >= 15 is 0 Å². The number of carbonyl (C=O) groups excluding carboxylic acids is 1. The van der Waals surface area contributed by atoms with Gasteiger partial charge >= 0.3 is 0 Å². The normalized spacial score (nSPS) is 12.1. The minimum Gasteiger partial charge on any atom is -0.399 e. The number of aliphatic hydroxyl groups is 1. The van der Waals surface area contributed by atoms with Crippen molar-refractivity contribution in [1.82, 2.24) is 0 Å². The Kier molecular flexibility index (Phi) is 3.44. The fourth-order valence-electron chi connectivity index (χ4n) is 0.884. The molecule has 5 nitrogen and oxygen atoms in total. The van der Waals surface area contributed by atoms with E-state index in [0.717, 1.165) is 0 Å². The predicted molar refractivity (Wildman–Crippen MR) is 54.5 cm³/mol. The van der Waals surface area contributed by atoms with Gasteiger partial charge in [0.2, 0.25) is 5.91 Å². The van der Waals surface area contributed by atoms with Crippen LogP contribution in [-0.2, 0) is 4.79 Å². The van der Waals surface area contributed by atoms with Crippen LogP contribution in [0.1, 0.15) is 0 Å². The molecule has 76 valence electrons. The summed E-state index contributed by atoms with van der Waals surface area (Å²) in [7, 11) is 0. The molecule has 6 N–H and O–H groups in total. The third-order valence-electron chi connectivity index (χ3n) is 1.71. The van der Waals surface area contributed by atoms with E-state index < -0.39 is 11.9 Å². The van der Waals surface area contributed by atoms with E-state index in [4.69, 9.17) is 16.6 Å². The zero-order valence-electron chi connectivity index (χ0n) is 7.60. The maximum atomic E-state index is 11.2. The van der Waals surface area contributed by atoms with Gasteiger partial charge < -0.3 is 21.9 Å². The molecule has 0 radical (unpaired) electrons. The van der Waals surface area contributed by atoms with Gasteiger partial charge in [-0.25, -0.2) is 0 Å². The lowest BCUT2D eigenvalue weighted by atomic mass is 10.2. The summed E-state index contributed by atoms with van der Waals surface area (Å²) < 4.78 is 0. The third kappa shape index (κ3) is 2.72. The van der Waals surface area contributed by atoms with Crippen molar-refractivity contribution in [2.75, 3.05) is 17.7 Å². The molecule has 1 atom stereocenters. The first-order valence-electron chi connectivity index (χ1n) is 4.16. The standard InChI is InChI=1S/C9H13N3O2/c10-6-1-3-7(4-2-6)12-9(14)8(11)5-13/h1-4,8,13H,5,10-11H2,(H,12,14). The summed E-state index contributed by atoms with van der Waals surface area (Å²) in [5, 5.41) is 11.2. The molecule has 0 saturated carbocycles. The average Bonchev–Trinajstić information content (AvgIpc) is 2.20. The maximum absolute atomic E-state index is 11.2. The highest BCUT2D eigenvalue weighted by Crippen LogP contribution is 2.10. The van der Waals surface area contributed by atoms with E-state index in [1.54, 1.807) is 24.3 Å². The number of aliphatic hydroxyl groups excluding tert-OH is 1. The van der Waals surface area contributed by atoms with Crippen LogP contribution in [0.5, 0.6) is 0 Å². The molecule has 0 bridgehead atoms. The summed E-state index contributed by atoms with van der Waals surface area (Å²) in [5.41, 5.74) is 12.0. The van der Waals surface area contributed by atoms with Crippen LogP contribution in [0.4, 0.5) is 11.4 Å². The van der Waals surface area contributed by atoms with Crippen molar-refractivity contribution < 1.29 is 9.90 Å². The highest BCUT2D eigenvalue weighted by Gasteiger charge is 2.11. The number of nitrogens with one attached hydrogen (secondary N) is 1. The Morgan fingerprint density at radius 3 is 2.50 bits per heavy atom. The number of hydrogen-bond acceptors (Lipinski definition) is 4. The van der Waals surface area contributed by atoms with Gasteiger partial charge in [0.25, 0.3) is 0 Å². The van der Waals surface area contributed by atoms with Crippen LogP contribution in [0.3, 0.4) is 0 Å². The Morgan fingerprint density at radius 2 is 2.00 bits per heavy atom. The van der Waals surface area contributed by atoms with E-state index in [9.17, 15) is 4.79 Å². The van der Waals surface area contributed by atoms with Crippen LogP contribution >= 0.6 is 0 Å².